The van der Waals surface area contributed by atoms with Crippen LogP contribution in [0.5, 0.6) is 0 Å². The zero-order chi connectivity index (χ0) is 19.6. The summed E-state index contributed by atoms with van der Waals surface area (Å²) in [5.74, 6) is 0.276. The van der Waals surface area contributed by atoms with Crippen LogP contribution in [-0.4, -0.2) is 49.1 Å². The first-order valence-corrected chi connectivity index (χ1v) is 10.2. The van der Waals surface area contributed by atoms with E-state index in [1.54, 1.807) is 25.1 Å². The first-order valence-electron chi connectivity index (χ1n) is 8.72. The van der Waals surface area contributed by atoms with Gasteiger partial charge in [-0.1, -0.05) is 11.2 Å². The number of carbonyl (C=O) groups excluding carboxylic acids is 1. The van der Waals surface area contributed by atoms with Crippen molar-refractivity contribution in [2.24, 2.45) is 0 Å². The van der Waals surface area contributed by atoms with Crippen molar-refractivity contribution >= 4 is 15.9 Å². The molecule has 9 heteroatoms. The van der Waals surface area contributed by atoms with Gasteiger partial charge < -0.3 is 14.6 Å². The summed E-state index contributed by atoms with van der Waals surface area (Å²) >= 11 is 0. The Hall–Kier alpha value is -2.23. The summed E-state index contributed by atoms with van der Waals surface area (Å²) in [6.07, 6.45) is -0.359. The van der Waals surface area contributed by atoms with Crippen LogP contribution in [0.4, 0.5) is 0 Å². The Morgan fingerprint density at radius 1 is 1.26 bits per heavy atom. The number of ether oxygens (including phenoxy) is 1. The normalized spacial score (nSPS) is 21.1. The van der Waals surface area contributed by atoms with Crippen molar-refractivity contribution in [3.63, 3.8) is 0 Å². The van der Waals surface area contributed by atoms with Crippen molar-refractivity contribution in [2.45, 2.75) is 44.4 Å². The highest BCUT2D eigenvalue weighted by atomic mass is 32.2. The Morgan fingerprint density at radius 2 is 1.96 bits per heavy atom. The number of nitrogens with one attached hydrogen (secondary N) is 1. The minimum Gasteiger partial charge on any atom is -0.373 e. The second kappa shape index (κ2) is 7.79. The van der Waals surface area contributed by atoms with E-state index in [2.05, 4.69) is 10.5 Å². The lowest BCUT2D eigenvalue weighted by Crippen LogP contribution is -2.48. The van der Waals surface area contributed by atoms with Gasteiger partial charge in [0.15, 0.2) is 0 Å². The van der Waals surface area contributed by atoms with E-state index in [0.29, 0.717) is 11.5 Å². The summed E-state index contributed by atoms with van der Waals surface area (Å²) in [6.45, 7) is 6.22. The van der Waals surface area contributed by atoms with Gasteiger partial charge in [-0.3, -0.25) is 4.79 Å². The molecule has 1 aromatic heterocycles. The number of hydrogen-bond acceptors (Lipinski definition) is 6. The largest absolute Gasteiger partial charge is 0.373 e. The van der Waals surface area contributed by atoms with Gasteiger partial charge in [0.2, 0.25) is 10.0 Å². The fourth-order valence-corrected chi connectivity index (χ4v) is 4.68. The molecule has 1 aliphatic rings. The molecule has 27 heavy (non-hydrogen) atoms. The maximum atomic E-state index is 13.0. The minimum absolute atomic E-state index is 0.0914. The smallest absolute Gasteiger partial charge is 0.251 e. The number of aromatic nitrogens is 1. The van der Waals surface area contributed by atoms with Gasteiger partial charge in [0.05, 0.1) is 23.6 Å². The molecule has 146 valence electrons. The van der Waals surface area contributed by atoms with Gasteiger partial charge in [0.1, 0.15) is 11.5 Å². The van der Waals surface area contributed by atoms with Gasteiger partial charge in [-0.15, -0.1) is 0 Å². The topological polar surface area (TPSA) is 102 Å². The van der Waals surface area contributed by atoms with Crippen LogP contribution >= 0.6 is 0 Å². The number of amides is 1. The van der Waals surface area contributed by atoms with Gasteiger partial charge in [0.25, 0.3) is 5.91 Å². The van der Waals surface area contributed by atoms with E-state index in [1.165, 1.54) is 16.4 Å². The maximum Gasteiger partial charge on any atom is 0.251 e. The monoisotopic (exact) mass is 393 g/mol. The Morgan fingerprint density at radius 3 is 2.59 bits per heavy atom. The van der Waals surface area contributed by atoms with Crippen molar-refractivity contribution in [3.8, 4) is 0 Å². The van der Waals surface area contributed by atoms with Crippen molar-refractivity contribution in [1.82, 2.24) is 14.8 Å². The highest BCUT2D eigenvalue weighted by Crippen LogP contribution is 2.22. The number of hydrogen-bond donors (Lipinski definition) is 1. The van der Waals surface area contributed by atoms with Crippen molar-refractivity contribution in [1.29, 1.82) is 0 Å². The predicted molar refractivity (Wildman–Crippen MR) is 97.6 cm³/mol. The highest BCUT2D eigenvalue weighted by molar-refractivity contribution is 7.89. The molecule has 1 N–H and O–H groups in total. The summed E-state index contributed by atoms with van der Waals surface area (Å²) in [4.78, 5) is 12.5. The molecule has 1 saturated heterocycles. The van der Waals surface area contributed by atoms with Gasteiger partial charge in [-0.2, -0.15) is 4.31 Å². The number of aryl methyl sites for hydroxylation is 1. The first-order chi connectivity index (χ1) is 12.8. The number of carbonyl (C=O) groups is 1. The summed E-state index contributed by atoms with van der Waals surface area (Å²) < 4.78 is 37.9. The van der Waals surface area contributed by atoms with Gasteiger partial charge in [-0.25, -0.2) is 8.42 Å². The van der Waals surface area contributed by atoms with Gasteiger partial charge in [0, 0.05) is 24.7 Å². The quantitative estimate of drug-likeness (QED) is 0.830. The molecule has 1 aliphatic heterocycles. The maximum absolute atomic E-state index is 13.0. The lowest BCUT2D eigenvalue weighted by molar-refractivity contribution is -0.0440. The van der Waals surface area contributed by atoms with E-state index in [9.17, 15) is 13.2 Å². The van der Waals surface area contributed by atoms with Crippen LogP contribution in [0.1, 0.15) is 35.7 Å². The molecular formula is C18H23N3O5S. The molecule has 2 unspecified atom stereocenters. The second-order valence-corrected chi connectivity index (χ2v) is 8.66. The van der Waals surface area contributed by atoms with Crippen LogP contribution < -0.4 is 5.32 Å². The standard InChI is InChI=1S/C18H23N3O5S/c1-12-7-16(20-26-12)9-19-18(22)15-5-4-6-17(8-15)27(23,24)21-10-13(2)25-14(3)11-21/h4-8,13-14H,9-11H2,1-3H3,(H,19,22). The van der Waals surface area contributed by atoms with Gasteiger partial charge in [-0.05, 0) is 39.0 Å². The first kappa shape index (κ1) is 19.5. The fourth-order valence-electron chi connectivity index (χ4n) is 3.05. The Balaban J connectivity index is 1.75. The van der Waals surface area contributed by atoms with E-state index in [0.717, 1.165) is 0 Å². The lowest BCUT2D eigenvalue weighted by Gasteiger charge is -2.34. The lowest BCUT2D eigenvalue weighted by atomic mass is 10.2. The molecule has 0 bridgehead atoms. The van der Waals surface area contributed by atoms with E-state index in [4.69, 9.17) is 9.26 Å². The molecule has 0 spiro atoms. The molecule has 2 atom stereocenters. The molecule has 0 radical (unpaired) electrons. The molecule has 1 aromatic carbocycles. The number of benzene rings is 1. The van der Waals surface area contributed by atoms with E-state index in [1.807, 2.05) is 13.8 Å². The summed E-state index contributed by atoms with van der Waals surface area (Å²) in [5, 5.41) is 6.52. The van der Waals surface area contributed by atoms with Crippen molar-refractivity contribution in [3.05, 3.63) is 47.3 Å². The number of rotatable bonds is 5. The molecular weight excluding hydrogens is 370 g/mol. The second-order valence-electron chi connectivity index (χ2n) is 6.72. The third-order valence-electron chi connectivity index (χ3n) is 4.23. The highest BCUT2D eigenvalue weighted by Gasteiger charge is 2.32. The fraction of sp³-hybridized carbons (Fsp3) is 0.444. The Kier molecular flexibility index (Phi) is 5.64. The van der Waals surface area contributed by atoms with Crippen molar-refractivity contribution in [2.75, 3.05) is 13.1 Å². The molecule has 2 aromatic rings. The average Bonchev–Trinajstić information content (AvgIpc) is 3.04. The number of sulfonamides is 1. The summed E-state index contributed by atoms with van der Waals surface area (Å²) in [5.41, 5.74) is 0.867. The molecule has 1 fully saturated rings. The summed E-state index contributed by atoms with van der Waals surface area (Å²) in [6, 6.07) is 7.76. The SMILES string of the molecule is Cc1cc(CNC(=O)c2cccc(S(=O)(=O)N3CC(C)OC(C)C3)c2)no1. The predicted octanol–water partition coefficient (Wildman–Crippen LogP) is 1.71. The van der Waals surface area contributed by atoms with Crippen molar-refractivity contribution < 1.29 is 22.5 Å². The molecule has 1 amide bonds. The van der Waals surface area contributed by atoms with Crippen LogP contribution in [0.15, 0.2) is 39.8 Å². The Bertz CT molecular complexity index is 915. The molecule has 3 rings (SSSR count). The zero-order valence-corrected chi connectivity index (χ0v) is 16.3. The van der Waals surface area contributed by atoms with Crippen LogP contribution in [0, 0.1) is 6.92 Å². The third kappa shape index (κ3) is 4.55. The third-order valence-corrected chi connectivity index (χ3v) is 6.05. The van der Waals surface area contributed by atoms with Crippen LogP contribution in [0.25, 0.3) is 0 Å². The average molecular weight is 393 g/mol. The molecule has 8 nitrogen and oxygen atoms in total. The van der Waals surface area contributed by atoms with Crippen LogP contribution in [0.2, 0.25) is 0 Å². The number of nitrogens with zero attached hydrogens (tertiary/aromatic N) is 2. The molecule has 2 heterocycles. The Labute approximate surface area is 158 Å². The van der Waals surface area contributed by atoms with Crippen LogP contribution in [-0.2, 0) is 21.3 Å². The van der Waals surface area contributed by atoms with E-state index >= 15 is 0 Å². The van der Waals surface area contributed by atoms with Gasteiger partial charge >= 0.3 is 0 Å². The zero-order valence-electron chi connectivity index (χ0n) is 15.5. The summed E-state index contributed by atoms with van der Waals surface area (Å²) in [7, 11) is -3.70. The molecule has 0 saturated carbocycles. The number of morpholine rings is 1. The van der Waals surface area contributed by atoms with Crippen LogP contribution in [0.3, 0.4) is 0 Å². The minimum atomic E-state index is -3.70. The van der Waals surface area contributed by atoms with E-state index < -0.39 is 10.0 Å². The van der Waals surface area contributed by atoms with E-state index in [-0.39, 0.29) is 48.2 Å². The molecule has 0 aliphatic carbocycles.